The second kappa shape index (κ2) is 9.39. The van der Waals surface area contributed by atoms with Gasteiger partial charge < -0.3 is 4.79 Å². The molecule has 0 saturated carbocycles. The van der Waals surface area contributed by atoms with Gasteiger partial charge in [0, 0.05) is 15.4 Å². The lowest BCUT2D eigenvalue weighted by atomic mass is 9.89. The Kier molecular flexibility index (Phi) is 7.51. The topological polar surface area (TPSA) is 17.1 Å². The number of Topliss-reactive ketones (excluding diaryl/α,β-unsaturated/α-hetero) is 1. The maximum Gasteiger partial charge on any atom is 0.130 e. The summed E-state index contributed by atoms with van der Waals surface area (Å²) in [6.07, 6.45) is 5.09. The van der Waals surface area contributed by atoms with Gasteiger partial charge in [-0.15, -0.1) is 0 Å². The van der Waals surface area contributed by atoms with E-state index in [1.54, 1.807) is 6.92 Å². The summed E-state index contributed by atoms with van der Waals surface area (Å²) >= 11 is 6.99. The predicted octanol–water partition coefficient (Wildman–Crippen LogP) is 6.69. The third kappa shape index (κ3) is 6.60. The lowest BCUT2D eigenvalue weighted by molar-refractivity contribution is -0.117. The molecule has 0 aromatic heterocycles. The van der Waals surface area contributed by atoms with Gasteiger partial charge in [0.25, 0.3) is 0 Å². The average molecular weight is 438 g/mol. The molecule has 0 spiro atoms. The Morgan fingerprint density at radius 1 is 1.00 bits per heavy atom. The van der Waals surface area contributed by atoms with Gasteiger partial charge in [0.15, 0.2) is 0 Å². The fourth-order valence-corrected chi connectivity index (χ4v) is 3.55. The number of rotatable bonds is 8. The third-order valence-corrected chi connectivity index (χ3v) is 5.06. The smallest absolute Gasteiger partial charge is 0.130 e. The largest absolute Gasteiger partial charge is 0.300 e. The van der Waals surface area contributed by atoms with Crippen molar-refractivity contribution >= 4 is 37.6 Å². The van der Waals surface area contributed by atoms with Gasteiger partial charge >= 0.3 is 0 Å². The van der Waals surface area contributed by atoms with Gasteiger partial charge in [-0.2, -0.15) is 0 Å². The molecule has 1 atom stereocenters. The molecule has 2 rings (SSSR count). The van der Waals surface area contributed by atoms with Crippen molar-refractivity contribution in [3.05, 3.63) is 68.6 Å². The minimum absolute atomic E-state index is 0.267. The summed E-state index contributed by atoms with van der Waals surface area (Å²) in [5.74, 6) is 0.595. The lowest BCUT2D eigenvalue weighted by Crippen LogP contribution is -2.05. The number of carbonyl (C=O) groups excluding carboxylic acids is 1. The van der Waals surface area contributed by atoms with E-state index in [9.17, 15) is 4.79 Å². The Bertz CT molecular complexity index is 634. The van der Waals surface area contributed by atoms with Crippen LogP contribution in [0, 0.1) is 0 Å². The van der Waals surface area contributed by atoms with Crippen molar-refractivity contribution in [3.63, 3.8) is 0 Å². The second-order valence-electron chi connectivity index (χ2n) is 6.03. The van der Waals surface area contributed by atoms with E-state index in [-0.39, 0.29) is 5.78 Å². The van der Waals surface area contributed by atoms with Crippen molar-refractivity contribution in [1.82, 2.24) is 0 Å². The molecule has 1 unspecified atom stereocenters. The number of benzene rings is 2. The van der Waals surface area contributed by atoms with E-state index in [1.807, 2.05) is 12.1 Å². The quantitative estimate of drug-likeness (QED) is 0.420. The number of unbranched alkanes of at least 4 members (excludes halogenated alkanes) is 1. The highest BCUT2D eigenvalue weighted by molar-refractivity contribution is 9.10. The van der Waals surface area contributed by atoms with Crippen molar-refractivity contribution in [2.75, 3.05) is 0 Å². The van der Waals surface area contributed by atoms with Crippen LogP contribution in [0.15, 0.2) is 57.5 Å². The van der Waals surface area contributed by atoms with Crippen LogP contribution >= 0.6 is 31.9 Å². The molecular formula is C20H22Br2O. The van der Waals surface area contributed by atoms with Crippen molar-refractivity contribution in [3.8, 4) is 0 Å². The van der Waals surface area contributed by atoms with Crippen molar-refractivity contribution in [2.24, 2.45) is 0 Å². The van der Waals surface area contributed by atoms with Gasteiger partial charge in [-0.25, -0.2) is 0 Å². The molecule has 0 radical (unpaired) electrons. The molecule has 23 heavy (non-hydrogen) atoms. The van der Waals surface area contributed by atoms with E-state index in [4.69, 9.17) is 0 Å². The highest BCUT2D eigenvalue weighted by Gasteiger charge is 2.14. The molecular weight excluding hydrogens is 416 g/mol. The number of aryl methyl sites for hydroxylation is 1. The van der Waals surface area contributed by atoms with Crippen LogP contribution in [0.25, 0.3) is 0 Å². The van der Waals surface area contributed by atoms with Crippen LogP contribution in [-0.2, 0) is 11.2 Å². The van der Waals surface area contributed by atoms with Crippen molar-refractivity contribution in [1.29, 1.82) is 0 Å². The van der Waals surface area contributed by atoms with Crippen LogP contribution in [0.2, 0.25) is 0 Å². The van der Waals surface area contributed by atoms with Gasteiger partial charge in [-0.1, -0.05) is 62.5 Å². The third-order valence-electron chi connectivity index (χ3n) is 4.04. The van der Waals surface area contributed by atoms with Crippen LogP contribution in [0.5, 0.6) is 0 Å². The zero-order valence-corrected chi connectivity index (χ0v) is 16.6. The Morgan fingerprint density at radius 3 is 2.39 bits per heavy atom. The molecule has 0 aliphatic rings. The number of hydrogen-bond acceptors (Lipinski definition) is 1. The molecule has 0 aliphatic heterocycles. The van der Waals surface area contributed by atoms with Crippen LogP contribution in [0.1, 0.15) is 49.7 Å². The van der Waals surface area contributed by atoms with Gasteiger partial charge in [0.05, 0.1) is 0 Å². The molecule has 0 amide bonds. The van der Waals surface area contributed by atoms with Crippen LogP contribution in [-0.4, -0.2) is 5.78 Å². The first-order valence-corrected chi connectivity index (χ1v) is 9.62. The summed E-state index contributed by atoms with van der Waals surface area (Å²) in [5.41, 5.74) is 2.64. The minimum Gasteiger partial charge on any atom is -0.300 e. The van der Waals surface area contributed by atoms with Gasteiger partial charge in [-0.05, 0) is 67.5 Å². The summed E-state index contributed by atoms with van der Waals surface area (Å²) in [5, 5.41) is 0. The van der Waals surface area contributed by atoms with E-state index in [2.05, 4.69) is 68.3 Å². The maximum absolute atomic E-state index is 11.6. The first-order chi connectivity index (χ1) is 11.0. The summed E-state index contributed by atoms with van der Waals surface area (Å²) in [7, 11) is 0. The minimum atomic E-state index is 0.267. The van der Waals surface area contributed by atoms with Gasteiger partial charge in [-0.3, -0.25) is 0 Å². The van der Waals surface area contributed by atoms with Crippen molar-refractivity contribution < 1.29 is 4.79 Å². The highest BCUT2D eigenvalue weighted by atomic mass is 79.9. The standard InChI is InChI=1S/C20H22Br2O/c1-15(23)13-17(18-7-4-8-20(22)14-18)6-3-2-5-16-9-11-19(21)12-10-16/h4,7-12,14,17H,2-3,5-6,13H2,1H3. The first-order valence-electron chi connectivity index (χ1n) is 8.04. The van der Waals surface area contributed by atoms with Crippen LogP contribution in [0.4, 0.5) is 0 Å². The lowest BCUT2D eigenvalue weighted by Gasteiger charge is -2.16. The molecule has 0 saturated heterocycles. The maximum atomic E-state index is 11.6. The Hall–Kier alpha value is -0.930. The SMILES string of the molecule is CC(=O)CC(CCCCc1ccc(Br)cc1)c1cccc(Br)c1. The summed E-state index contributed by atoms with van der Waals surface area (Å²) < 4.78 is 2.20. The monoisotopic (exact) mass is 436 g/mol. The fourth-order valence-electron chi connectivity index (χ4n) is 2.87. The number of hydrogen-bond donors (Lipinski definition) is 0. The normalized spacial score (nSPS) is 12.1. The van der Waals surface area contributed by atoms with Gasteiger partial charge in [0.2, 0.25) is 0 Å². The summed E-state index contributed by atoms with van der Waals surface area (Å²) in [4.78, 5) is 11.6. The van der Waals surface area contributed by atoms with Crippen LogP contribution in [0.3, 0.4) is 0 Å². The Balaban J connectivity index is 1.88. The van der Waals surface area contributed by atoms with E-state index >= 15 is 0 Å². The van der Waals surface area contributed by atoms with E-state index in [0.29, 0.717) is 12.3 Å². The van der Waals surface area contributed by atoms with Gasteiger partial charge in [0.1, 0.15) is 5.78 Å². The van der Waals surface area contributed by atoms with E-state index in [0.717, 1.165) is 34.6 Å². The predicted molar refractivity (Wildman–Crippen MR) is 104 cm³/mol. The van der Waals surface area contributed by atoms with E-state index < -0.39 is 0 Å². The second-order valence-corrected chi connectivity index (χ2v) is 7.86. The summed E-state index contributed by atoms with van der Waals surface area (Å²) in [6, 6.07) is 16.9. The molecule has 0 bridgehead atoms. The Labute approximate surface area is 155 Å². The molecule has 1 nitrogen and oxygen atoms in total. The zero-order chi connectivity index (χ0) is 16.7. The summed E-state index contributed by atoms with van der Waals surface area (Å²) in [6.45, 7) is 1.69. The molecule has 0 heterocycles. The zero-order valence-electron chi connectivity index (χ0n) is 13.4. The van der Waals surface area contributed by atoms with Crippen LogP contribution < -0.4 is 0 Å². The first kappa shape index (κ1) is 18.4. The molecule has 0 N–H and O–H groups in total. The van der Waals surface area contributed by atoms with Crippen molar-refractivity contribution in [2.45, 2.75) is 44.9 Å². The number of ketones is 1. The molecule has 122 valence electrons. The average Bonchev–Trinajstić information content (AvgIpc) is 2.51. The molecule has 2 aromatic carbocycles. The molecule has 0 aliphatic carbocycles. The van der Waals surface area contributed by atoms with E-state index in [1.165, 1.54) is 11.1 Å². The Morgan fingerprint density at radius 2 is 1.74 bits per heavy atom. The number of carbonyl (C=O) groups is 1. The highest BCUT2D eigenvalue weighted by Crippen LogP contribution is 2.28. The molecule has 2 aromatic rings. The molecule has 0 fully saturated rings. The number of halogens is 2. The fraction of sp³-hybridized carbons (Fsp3) is 0.350. The molecule has 3 heteroatoms.